The monoisotopic (exact) mass is 270 g/mol. The van der Waals surface area contributed by atoms with Crippen molar-refractivity contribution in [2.75, 3.05) is 5.32 Å². The fourth-order valence-corrected chi connectivity index (χ4v) is 1.90. The van der Waals surface area contributed by atoms with Gasteiger partial charge in [-0.3, -0.25) is 4.79 Å². The number of hydrogen-bond acceptors (Lipinski definition) is 2. The van der Waals surface area contributed by atoms with Gasteiger partial charge in [-0.2, -0.15) is 0 Å². The Morgan fingerprint density at radius 1 is 1.37 bits per heavy atom. The molecule has 0 spiro atoms. The van der Waals surface area contributed by atoms with Crippen molar-refractivity contribution in [3.8, 4) is 0 Å². The van der Waals surface area contributed by atoms with Crippen LogP contribution in [-0.2, 0) is 4.79 Å². The maximum Gasteiger partial charge on any atom is 0.226 e. The van der Waals surface area contributed by atoms with E-state index in [1.807, 2.05) is 20.8 Å². The summed E-state index contributed by atoms with van der Waals surface area (Å²) in [4.78, 5) is 11.7. The summed E-state index contributed by atoms with van der Waals surface area (Å²) in [6, 6.07) is 3.34. The molecule has 0 bridgehead atoms. The molecule has 0 aliphatic heterocycles. The molecule has 5 heteroatoms. The second-order valence-corrected chi connectivity index (χ2v) is 5.88. The summed E-state index contributed by atoms with van der Waals surface area (Å²) in [7, 11) is 0. The van der Waals surface area contributed by atoms with Crippen LogP contribution in [0.1, 0.15) is 33.6 Å². The molecule has 1 aromatic rings. The largest absolute Gasteiger partial charge is 0.327 e. The van der Waals surface area contributed by atoms with E-state index in [0.29, 0.717) is 6.42 Å². The number of carbonyl (C=O) groups is 1. The van der Waals surface area contributed by atoms with Crippen molar-refractivity contribution in [2.24, 2.45) is 11.1 Å². The van der Waals surface area contributed by atoms with Crippen molar-refractivity contribution in [2.45, 2.75) is 39.7 Å². The van der Waals surface area contributed by atoms with E-state index in [2.05, 4.69) is 5.32 Å². The van der Waals surface area contributed by atoms with Gasteiger partial charge in [0.25, 0.3) is 0 Å². The normalized spacial score (nSPS) is 13.2. The van der Waals surface area contributed by atoms with E-state index in [-0.39, 0.29) is 23.6 Å². The number of benzene rings is 1. The van der Waals surface area contributed by atoms with E-state index in [1.54, 1.807) is 0 Å². The standard InChI is InChI=1S/C14H20F2N2O/c1-14(2,3)8-9(17)7-12(19)18-11-6-4-5-10(15)13(11)16/h4-6,9H,7-8,17H2,1-3H3,(H,18,19). The highest BCUT2D eigenvalue weighted by atomic mass is 19.2. The van der Waals surface area contributed by atoms with Gasteiger partial charge < -0.3 is 11.1 Å². The Morgan fingerprint density at radius 2 is 2.00 bits per heavy atom. The number of amides is 1. The van der Waals surface area contributed by atoms with Crippen LogP contribution in [-0.4, -0.2) is 11.9 Å². The lowest BCUT2D eigenvalue weighted by Crippen LogP contribution is -2.31. The average molecular weight is 270 g/mol. The first-order valence-corrected chi connectivity index (χ1v) is 6.18. The van der Waals surface area contributed by atoms with Gasteiger partial charge in [-0.15, -0.1) is 0 Å². The molecule has 0 fully saturated rings. The van der Waals surface area contributed by atoms with E-state index < -0.39 is 17.5 Å². The molecule has 0 radical (unpaired) electrons. The third-order valence-corrected chi connectivity index (χ3v) is 2.55. The topological polar surface area (TPSA) is 55.1 Å². The minimum atomic E-state index is -1.06. The van der Waals surface area contributed by atoms with E-state index in [4.69, 9.17) is 5.73 Å². The Bertz CT molecular complexity index is 455. The van der Waals surface area contributed by atoms with Crippen LogP contribution >= 0.6 is 0 Å². The van der Waals surface area contributed by atoms with Crippen molar-refractivity contribution >= 4 is 11.6 Å². The molecule has 19 heavy (non-hydrogen) atoms. The molecule has 106 valence electrons. The molecule has 3 nitrogen and oxygen atoms in total. The van der Waals surface area contributed by atoms with Crippen molar-refractivity contribution in [1.82, 2.24) is 0 Å². The number of anilines is 1. The smallest absolute Gasteiger partial charge is 0.226 e. The van der Waals surface area contributed by atoms with Crippen LogP contribution in [0.25, 0.3) is 0 Å². The molecule has 0 heterocycles. The zero-order valence-electron chi connectivity index (χ0n) is 11.5. The van der Waals surface area contributed by atoms with Gasteiger partial charge in [0.15, 0.2) is 11.6 Å². The molecule has 1 rings (SSSR count). The van der Waals surface area contributed by atoms with Crippen molar-refractivity contribution < 1.29 is 13.6 Å². The van der Waals surface area contributed by atoms with Gasteiger partial charge in [-0.05, 0) is 24.0 Å². The Kier molecular flexibility index (Phi) is 5.00. The number of nitrogens with one attached hydrogen (secondary N) is 1. The van der Waals surface area contributed by atoms with Crippen molar-refractivity contribution in [3.05, 3.63) is 29.8 Å². The second kappa shape index (κ2) is 6.10. The number of nitrogens with two attached hydrogens (primary N) is 1. The Balaban J connectivity index is 2.58. The lowest BCUT2D eigenvalue weighted by atomic mass is 9.87. The highest BCUT2D eigenvalue weighted by molar-refractivity contribution is 5.91. The van der Waals surface area contributed by atoms with Crippen LogP contribution in [0.5, 0.6) is 0 Å². The van der Waals surface area contributed by atoms with Crippen LogP contribution in [0.2, 0.25) is 0 Å². The molecule has 0 saturated carbocycles. The molecule has 0 saturated heterocycles. The molecular weight excluding hydrogens is 250 g/mol. The molecule has 1 aromatic carbocycles. The maximum absolute atomic E-state index is 13.3. The van der Waals surface area contributed by atoms with Gasteiger partial charge in [0, 0.05) is 12.5 Å². The van der Waals surface area contributed by atoms with E-state index >= 15 is 0 Å². The minimum Gasteiger partial charge on any atom is -0.327 e. The molecule has 1 unspecified atom stereocenters. The highest BCUT2D eigenvalue weighted by Gasteiger charge is 2.19. The van der Waals surface area contributed by atoms with E-state index in [1.165, 1.54) is 12.1 Å². The van der Waals surface area contributed by atoms with Crippen LogP contribution < -0.4 is 11.1 Å². The molecule has 0 aliphatic carbocycles. The zero-order valence-corrected chi connectivity index (χ0v) is 11.5. The van der Waals surface area contributed by atoms with E-state index in [0.717, 1.165) is 6.07 Å². The van der Waals surface area contributed by atoms with Gasteiger partial charge in [-0.1, -0.05) is 26.8 Å². The Morgan fingerprint density at radius 3 is 2.58 bits per heavy atom. The minimum absolute atomic E-state index is 0.0177. The van der Waals surface area contributed by atoms with Gasteiger partial charge in [0.05, 0.1) is 5.69 Å². The molecular formula is C14H20F2N2O. The lowest BCUT2D eigenvalue weighted by molar-refractivity contribution is -0.116. The summed E-state index contributed by atoms with van der Waals surface area (Å²) < 4.78 is 26.3. The Labute approximate surface area is 112 Å². The lowest BCUT2D eigenvalue weighted by Gasteiger charge is -2.22. The van der Waals surface area contributed by atoms with Gasteiger partial charge in [0.2, 0.25) is 5.91 Å². The third-order valence-electron chi connectivity index (χ3n) is 2.55. The number of carbonyl (C=O) groups excluding carboxylic acids is 1. The van der Waals surface area contributed by atoms with Gasteiger partial charge in [-0.25, -0.2) is 8.78 Å². The van der Waals surface area contributed by atoms with E-state index in [9.17, 15) is 13.6 Å². The first-order chi connectivity index (χ1) is 8.69. The average Bonchev–Trinajstić information content (AvgIpc) is 2.21. The van der Waals surface area contributed by atoms with Crippen LogP contribution in [0, 0.1) is 17.0 Å². The summed E-state index contributed by atoms with van der Waals surface area (Å²) >= 11 is 0. The molecule has 1 atom stereocenters. The van der Waals surface area contributed by atoms with Gasteiger partial charge >= 0.3 is 0 Å². The summed E-state index contributed by atoms with van der Waals surface area (Å²) in [6.07, 6.45) is 0.749. The Hall–Kier alpha value is -1.49. The quantitative estimate of drug-likeness (QED) is 0.883. The predicted octanol–water partition coefficient (Wildman–Crippen LogP) is 3.06. The maximum atomic E-state index is 13.3. The predicted molar refractivity (Wildman–Crippen MR) is 71.7 cm³/mol. The summed E-state index contributed by atoms with van der Waals surface area (Å²) in [5, 5.41) is 2.33. The molecule has 1 amide bonds. The first-order valence-electron chi connectivity index (χ1n) is 6.18. The van der Waals surface area contributed by atoms with Crippen molar-refractivity contribution in [3.63, 3.8) is 0 Å². The molecule has 3 N–H and O–H groups in total. The SMILES string of the molecule is CC(C)(C)CC(N)CC(=O)Nc1cccc(F)c1F. The first kappa shape index (κ1) is 15.6. The summed E-state index contributed by atoms with van der Waals surface area (Å²) in [5.41, 5.74) is 5.71. The van der Waals surface area contributed by atoms with Crippen LogP contribution in [0.3, 0.4) is 0 Å². The zero-order chi connectivity index (χ0) is 14.6. The van der Waals surface area contributed by atoms with Crippen molar-refractivity contribution in [1.29, 1.82) is 0 Å². The fraction of sp³-hybridized carbons (Fsp3) is 0.500. The highest BCUT2D eigenvalue weighted by Crippen LogP contribution is 2.22. The fourth-order valence-electron chi connectivity index (χ4n) is 1.90. The number of halogens is 2. The summed E-state index contributed by atoms with van der Waals surface area (Å²) in [6.45, 7) is 6.07. The molecule has 0 aliphatic rings. The van der Waals surface area contributed by atoms with Crippen LogP contribution in [0.4, 0.5) is 14.5 Å². The van der Waals surface area contributed by atoms with Crippen LogP contribution in [0.15, 0.2) is 18.2 Å². The third kappa shape index (κ3) is 5.34. The number of hydrogen-bond donors (Lipinski definition) is 2. The summed E-state index contributed by atoms with van der Waals surface area (Å²) in [5.74, 6) is -2.46. The van der Waals surface area contributed by atoms with Gasteiger partial charge in [0.1, 0.15) is 0 Å². The molecule has 0 aromatic heterocycles. The second-order valence-electron chi connectivity index (χ2n) is 5.88. The number of rotatable bonds is 4.